The van der Waals surface area contributed by atoms with Crippen molar-refractivity contribution in [1.82, 2.24) is 0 Å². The van der Waals surface area contributed by atoms with Crippen molar-refractivity contribution in [3.05, 3.63) is 61.6 Å². The van der Waals surface area contributed by atoms with Crippen molar-refractivity contribution in [3.8, 4) is 11.5 Å². The zero-order chi connectivity index (χ0) is 15.6. The predicted octanol–water partition coefficient (Wildman–Crippen LogP) is 5.51. The summed E-state index contributed by atoms with van der Waals surface area (Å²) >= 11 is 9.08. The van der Waals surface area contributed by atoms with E-state index in [1.165, 1.54) is 6.07 Å². The molecule has 0 aliphatic rings. The van der Waals surface area contributed by atoms with Gasteiger partial charge in [0.15, 0.2) is 0 Å². The monoisotopic (exact) mass is 369 g/mol. The van der Waals surface area contributed by atoms with Gasteiger partial charge in [-0.05, 0) is 42.7 Å². The fraction of sp³-hybridized carbons (Fsp3) is 0.200. The smallest absolute Gasteiger partial charge is 0.312 e. The summed E-state index contributed by atoms with van der Waals surface area (Å²) in [6.07, 6.45) is 0. The van der Waals surface area contributed by atoms with Gasteiger partial charge in [0.05, 0.1) is 4.92 Å². The first-order chi connectivity index (χ1) is 9.92. The van der Waals surface area contributed by atoms with Crippen molar-refractivity contribution in [2.24, 2.45) is 0 Å². The maximum Gasteiger partial charge on any atom is 0.312 e. The fourth-order valence-electron chi connectivity index (χ4n) is 1.93. The first kappa shape index (κ1) is 15.8. The average Bonchev–Trinajstić information content (AvgIpc) is 2.43. The first-order valence-corrected chi connectivity index (χ1v) is 7.53. The summed E-state index contributed by atoms with van der Waals surface area (Å²) in [7, 11) is 0. The molecule has 21 heavy (non-hydrogen) atoms. The zero-order valence-electron chi connectivity index (χ0n) is 11.5. The van der Waals surface area contributed by atoms with E-state index >= 15 is 0 Å². The molecule has 0 amide bonds. The lowest BCUT2D eigenvalue weighted by atomic mass is 10.1. The number of aryl methyl sites for hydroxylation is 2. The van der Waals surface area contributed by atoms with Crippen LogP contribution in [0.4, 0.5) is 5.69 Å². The van der Waals surface area contributed by atoms with Crippen molar-refractivity contribution in [3.63, 3.8) is 0 Å². The van der Waals surface area contributed by atoms with Crippen LogP contribution in [0, 0.1) is 24.0 Å². The summed E-state index contributed by atoms with van der Waals surface area (Å²) in [5.74, 6) is 1.18. The Kier molecular flexibility index (Phi) is 4.85. The van der Waals surface area contributed by atoms with E-state index in [9.17, 15) is 10.1 Å². The second-order valence-corrected chi connectivity index (χ2v) is 5.85. The number of alkyl halides is 1. The Morgan fingerprint density at radius 3 is 2.57 bits per heavy atom. The highest BCUT2D eigenvalue weighted by molar-refractivity contribution is 9.10. The second kappa shape index (κ2) is 6.45. The van der Waals surface area contributed by atoms with Crippen LogP contribution in [0.25, 0.3) is 0 Å². The van der Waals surface area contributed by atoms with Crippen molar-refractivity contribution in [2.45, 2.75) is 19.7 Å². The summed E-state index contributed by atoms with van der Waals surface area (Å²) in [6.45, 7) is 3.65. The van der Waals surface area contributed by atoms with Crippen LogP contribution < -0.4 is 4.74 Å². The summed E-state index contributed by atoms with van der Waals surface area (Å²) < 4.78 is 6.45. The Morgan fingerprint density at radius 1 is 1.24 bits per heavy atom. The Morgan fingerprint density at radius 2 is 1.95 bits per heavy atom. The number of hydrogen-bond donors (Lipinski definition) is 0. The van der Waals surface area contributed by atoms with Gasteiger partial charge in [-0.25, -0.2) is 0 Å². The van der Waals surface area contributed by atoms with Crippen LogP contribution in [-0.2, 0) is 5.88 Å². The van der Waals surface area contributed by atoms with E-state index in [0.29, 0.717) is 21.7 Å². The predicted molar refractivity (Wildman–Crippen MR) is 86.3 cm³/mol. The van der Waals surface area contributed by atoms with Crippen LogP contribution in [0.2, 0.25) is 0 Å². The number of nitro groups is 1. The number of ether oxygens (including phenoxy) is 1. The van der Waals surface area contributed by atoms with E-state index in [-0.39, 0.29) is 11.4 Å². The van der Waals surface area contributed by atoms with Crippen LogP contribution in [0.15, 0.2) is 34.8 Å². The minimum absolute atomic E-state index is 0.0717. The minimum Gasteiger partial charge on any atom is -0.450 e. The van der Waals surface area contributed by atoms with E-state index in [2.05, 4.69) is 15.9 Å². The lowest BCUT2D eigenvalue weighted by molar-refractivity contribution is -0.385. The third kappa shape index (κ3) is 3.54. The van der Waals surface area contributed by atoms with Crippen molar-refractivity contribution < 1.29 is 9.66 Å². The van der Waals surface area contributed by atoms with Crippen molar-refractivity contribution in [1.29, 1.82) is 0 Å². The van der Waals surface area contributed by atoms with Gasteiger partial charge in [0, 0.05) is 16.4 Å². The summed E-state index contributed by atoms with van der Waals surface area (Å²) in [5.41, 5.74) is 2.40. The Hall–Kier alpha value is -1.59. The molecule has 0 aromatic heterocycles. The fourth-order valence-corrected chi connectivity index (χ4v) is 2.65. The standard InChI is InChI=1S/C15H13BrClNO3/c1-9-3-4-11(8-17)6-14(9)21-15-10(2)5-12(16)7-13(15)18(19)20/h3-7H,8H2,1-2H3. The number of nitro benzene ring substituents is 1. The highest BCUT2D eigenvalue weighted by atomic mass is 79.9. The second-order valence-electron chi connectivity index (χ2n) is 4.66. The van der Waals surface area contributed by atoms with Crippen LogP contribution in [-0.4, -0.2) is 4.92 Å². The molecule has 0 unspecified atom stereocenters. The van der Waals surface area contributed by atoms with Gasteiger partial charge in [-0.2, -0.15) is 0 Å². The van der Waals surface area contributed by atoms with Crippen LogP contribution in [0.5, 0.6) is 11.5 Å². The molecule has 0 fully saturated rings. The Labute approximate surface area is 136 Å². The molecule has 0 bridgehead atoms. The number of nitrogens with zero attached hydrogens (tertiary/aromatic N) is 1. The van der Waals surface area contributed by atoms with Gasteiger partial charge in [0.2, 0.25) is 5.75 Å². The SMILES string of the molecule is Cc1ccc(CCl)cc1Oc1c(C)cc(Br)cc1[N+](=O)[O-]. The van der Waals surface area contributed by atoms with Gasteiger partial charge in [0.25, 0.3) is 0 Å². The highest BCUT2D eigenvalue weighted by Gasteiger charge is 2.20. The first-order valence-electron chi connectivity index (χ1n) is 6.20. The largest absolute Gasteiger partial charge is 0.450 e. The lowest BCUT2D eigenvalue weighted by Crippen LogP contribution is -1.97. The molecule has 0 saturated carbocycles. The van der Waals surface area contributed by atoms with Gasteiger partial charge >= 0.3 is 5.69 Å². The summed E-state index contributed by atoms with van der Waals surface area (Å²) in [6, 6.07) is 8.80. The third-order valence-corrected chi connectivity index (χ3v) is 3.80. The van der Waals surface area contributed by atoms with Crippen LogP contribution >= 0.6 is 27.5 Å². The molecule has 0 aliphatic carbocycles. The number of halogens is 2. The maximum atomic E-state index is 11.2. The van der Waals surface area contributed by atoms with E-state index < -0.39 is 4.92 Å². The van der Waals surface area contributed by atoms with E-state index in [4.69, 9.17) is 16.3 Å². The molecule has 2 rings (SSSR count). The van der Waals surface area contributed by atoms with Crippen LogP contribution in [0.1, 0.15) is 16.7 Å². The molecule has 0 heterocycles. The molecular formula is C15H13BrClNO3. The average molecular weight is 371 g/mol. The number of benzene rings is 2. The van der Waals surface area contributed by atoms with Gasteiger partial charge in [-0.15, -0.1) is 11.6 Å². The quantitative estimate of drug-likeness (QED) is 0.405. The normalized spacial score (nSPS) is 10.5. The van der Waals surface area contributed by atoms with Crippen molar-refractivity contribution >= 4 is 33.2 Å². The molecule has 110 valence electrons. The molecule has 6 heteroatoms. The molecule has 0 aliphatic heterocycles. The highest BCUT2D eigenvalue weighted by Crippen LogP contribution is 2.38. The molecule has 2 aromatic carbocycles. The summed E-state index contributed by atoms with van der Waals surface area (Å²) in [5, 5.41) is 11.2. The zero-order valence-corrected chi connectivity index (χ0v) is 13.9. The van der Waals surface area contributed by atoms with Gasteiger partial charge < -0.3 is 4.74 Å². The number of rotatable bonds is 4. The molecule has 0 spiro atoms. The molecule has 4 nitrogen and oxygen atoms in total. The summed E-state index contributed by atoms with van der Waals surface area (Å²) in [4.78, 5) is 10.8. The Bertz CT molecular complexity index is 704. The maximum absolute atomic E-state index is 11.2. The van der Waals surface area contributed by atoms with E-state index in [1.54, 1.807) is 19.1 Å². The van der Waals surface area contributed by atoms with Gasteiger partial charge in [-0.1, -0.05) is 28.1 Å². The lowest BCUT2D eigenvalue weighted by Gasteiger charge is -2.12. The van der Waals surface area contributed by atoms with Gasteiger partial charge in [-0.3, -0.25) is 10.1 Å². The minimum atomic E-state index is -0.451. The third-order valence-electron chi connectivity index (χ3n) is 3.04. The topological polar surface area (TPSA) is 52.4 Å². The molecule has 0 radical (unpaired) electrons. The molecule has 2 aromatic rings. The van der Waals surface area contributed by atoms with Crippen molar-refractivity contribution in [2.75, 3.05) is 0 Å². The molecule has 0 saturated heterocycles. The Balaban J connectivity index is 2.51. The van der Waals surface area contributed by atoms with E-state index in [1.807, 2.05) is 19.1 Å². The molecule has 0 atom stereocenters. The van der Waals surface area contributed by atoms with Crippen LogP contribution in [0.3, 0.4) is 0 Å². The molecular weight excluding hydrogens is 358 g/mol. The number of hydrogen-bond acceptors (Lipinski definition) is 3. The van der Waals surface area contributed by atoms with Gasteiger partial charge in [0.1, 0.15) is 5.75 Å². The van der Waals surface area contributed by atoms with E-state index in [0.717, 1.165) is 11.1 Å². The molecule has 0 N–H and O–H groups in total.